The van der Waals surface area contributed by atoms with Gasteiger partial charge < -0.3 is 19.3 Å². The van der Waals surface area contributed by atoms with Crippen LogP contribution in [0.15, 0.2) is 87.5 Å². The van der Waals surface area contributed by atoms with Gasteiger partial charge in [0.2, 0.25) is 0 Å². The number of hydrogen-bond acceptors (Lipinski definition) is 6. The SMILES string of the molecule is CC(O)C1COC(C)(c2ccc([S+](c3ccc(OC(C)C(F)(F)S(=O)(=O)O)cc3)c3ccc(C(C)(C)C)cc3)cc2)O1. The average Bonchev–Trinajstić information content (AvgIpc) is 3.33. The number of halogens is 2. The minimum absolute atomic E-state index is 0.0285. The maximum atomic E-state index is 14.0. The third-order valence-corrected chi connectivity index (χ3v) is 10.4. The smallest absolute Gasteiger partial charge is 0.405 e. The summed E-state index contributed by atoms with van der Waals surface area (Å²) in [6, 6.07) is 22.7. The summed E-state index contributed by atoms with van der Waals surface area (Å²) >= 11 is 0. The summed E-state index contributed by atoms with van der Waals surface area (Å²) in [6.45, 7) is 11.1. The molecule has 2 N–H and O–H groups in total. The quantitative estimate of drug-likeness (QED) is 0.213. The van der Waals surface area contributed by atoms with Crippen LogP contribution in [-0.4, -0.2) is 48.3 Å². The van der Waals surface area contributed by atoms with Gasteiger partial charge in [0.1, 0.15) is 11.9 Å². The van der Waals surface area contributed by atoms with Gasteiger partial charge in [-0.1, -0.05) is 32.9 Å². The third-order valence-electron chi connectivity index (χ3n) is 7.20. The fourth-order valence-electron chi connectivity index (χ4n) is 4.52. The Hall–Kier alpha value is -2.54. The summed E-state index contributed by atoms with van der Waals surface area (Å²) in [5.74, 6) is -0.958. The largest absolute Gasteiger partial charge is 0.483 e. The van der Waals surface area contributed by atoms with Gasteiger partial charge in [-0.05, 0) is 92.4 Å². The van der Waals surface area contributed by atoms with E-state index >= 15 is 0 Å². The monoisotopic (exact) mass is 623 g/mol. The van der Waals surface area contributed by atoms with E-state index in [1.807, 2.05) is 31.2 Å². The van der Waals surface area contributed by atoms with E-state index in [1.54, 1.807) is 19.1 Å². The molecular weight excluding hydrogens is 586 g/mol. The van der Waals surface area contributed by atoms with E-state index in [-0.39, 0.29) is 17.8 Å². The first-order valence-corrected chi connectivity index (χ1v) is 16.2. The van der Waals surface area contributed by atoms with Gasteiger partial charge in [-0.25, -0.2) is 0 Å². The van der Waals surface area contributed by atoms with Gasteiger partial charge in [-0.2, -0.15) is 17.2 Å². The van der Waals surface area contributed by atoms with Crippen LogP contribution >= 0.6 is 0 Å². The minimum atomic E-state index is -5.64. The van der Waals surface area contributed by atoms with E-state index in [0.29, 0.717) is 0 Å². The van der Waals surface area contributed by atoms with Crippen molar-refractivity contribution in [1.82, 2.24) is 0 Å². The molecule has 0 radical (unpaired) electrons. The van der Waals surface area contributed by atoms with Crippen molar-refractivity contribution in [2.45, 2.75) is 91.0 Å². The molecule has 3 aromatic rings. The van der Waals surface area contributed by atoms with Gasteiger partial charge in [-0.3, -0.25) is 4.55 Å². The van der Waals surface area contributed by atoms with E-state index in [9.17, 15) is 22.3 Å². The lowest BCUT2D eigenvalue weighted by molar-refractivity contribution is -0.171. The fraction of sp³-hybridized carbons (Fsp3) is 0.419. The summed E-state index contributed by atoms with van der Waals surface area (Å²) in [7, 11) is -6.24. The van der Waals surface area contributed by atoms with Crippen molar-refractivity contribution in [3.63, 3.8) is 0 Å². The Labute approximate surface area is 248 Å². The number of ether oxygens (including phenoxy) is 3. The summed E-state index contributed by atoms with van der Waals surface area (Å²) < 4.78 is 76.2. The standard InChI is InChI=1S/C31H36F2O7S2/c1-20(34)28-19-38-30(6,40-28)23-9-15-26(16-10-23)41(25-13-7-22(8-14-25)29(3,4)5)27-17-11-24(12-18-27)39-21(2)31(32,33)42(35,36)37/h7-18,20-21,28,34H,19H2,1-6H3/p+1. The zero-order chi connectivity index (χ0) is 31.1. The number of benzene rings is 3. The molecule has 0 amide bonds. The molecule has 0 spiro atoms. The number of aliphatic hydroxyl groups is 1. The Balaban J connectivity index is 1.67. The van der Waals surface area contributed by atoms with Gasteiger partial charge in [0, 0.05) is 5.56 Å². The average molecular weight is 624 g/mol. The van der Waals surface area contributed by atoms with Crippen molar-refractivity contribution in [2.24, 2.45) is 0 Å². The number of hydrogen-bond donors (Lipinski definition) is 2. The summed E-state index contributed by atoms with van der Waals surface area (Å²) in [5.41, 5.74) is 1.96. The van der Waals surface area contributed by atoms with Crippen LogP contribution in [0.1, 0.15) is 52.7 Å². The first-order chi connectivity index (χ1) is 19.4. The van der Waals surface area contributed by atoms with E-state index in [2.05, 4.69) is 45.0 Å². The van der Waals surface area contributed by atoms with E-state index in [0.717, 1.165) is 27.2 Å². The van der Waals surface area contributed by atoms with Crippen LogP contribution in [0.3, 0.4) is 0 Å². The molecule has 0 bridgehead atoms. The van der Waals surface area contributed by atoms with Crippen LogP contribution in [0.5, 0.6) is 5.75 Å². The Kier molecular flexibility index (Phi) is 9.14. The molecule has 0 saturated carbocycles. The molecule has 1 saturated heterocycles. The van der Waals surface area contributed by atoms with Crippen molar-refractivity contribution in [3.05, 3.63) is 83.9 Å². The molecule has 1 aliphatic heterocycles. The molecule has 42 heavy (non-hydrogen) atoms. The molecule has 0 aliphatic carbocycles. The van der Waals surface area contributed by atoms with E-state index < -0.39 is 50.4 Å². The molecule has 228 valence electrons. The van der Waals surface area contributed by atoms with Crippen molar-refractivity contribution in [3.8, 4) is 5.75 Å². The molecule has 5 unspecified atom stereocenters. The van der Waals surface area contributed by atoms with Crippen molar-refractivity contribution in [2.75, 3.05) is 6.61 Å². The maximum absolute atomic E-state index is 14.0. The van der Waals surface area contributed by atoms with Gasteiger partial charge in [-0.15, -0.1) is 0 Å². The fourth-order valence-corrected chi connectivity index (χ4v) is 7.03. The molecule has 1 aliphatic rings. The zero-order valence-corrected chi connectivity index (χ0v) is 26.0. The van der Waals surface area contributed by atoms with Crippen LogP contribution in [0, 0.1) is 0 Å². The minimum Gasteiger partial charge on any atom is -0.483 e. The van der Waals surface area contributed by atoms with E-state index in [4.69, 9.17) is 18.8 Å². The van der Waals surface area contributed by atoms with Gasteiger partial charge in [0.05, 0.1) is 23.6 Å². The molecular formula is C31H37F2O7S2+. The van der Waals surface area contributed by atoms with Crippen LogP contribution in [-0.2, 0) is 41.7 Å². The maximum Gasteiger partial charge on any atom is 0.405 e. The lowest BCUT2D eigenvalue weighted by Crippen LogP contribution is -2.42. The molecule has 5 atom stereocenters. The van der Waals surface area contributed by atoms with Gasteiger partial charge in [0.15, 0.2) is 26.6 Å². The highest BCUT2D eigenvalue weighted by Gasteiger charge is 2.51. The Bertz CT molecular complexity index is 1470. The highest BCUT2D eigenvalue weighted by molar-refractivity contribution is 7.97. The normalized spacial score (nSPS) is 22.0. The first-order valence-electron chi connectivity index (χ1n) is 13.5. The zero-order valence-electron chi connectivity index (χ0n) is 24.4. The summed E-state index contributed by atoms with van der Waals surface area (Å²) in [5, 5.41) is 5.46. The predicted octanol–water partition coefficient (Wildman–Crippen LogP) is 6.30. The molecule has 3 aromatic carbocycles. The third kappa shape index (κ3) is 6.82. The first kappa shape index (κ1) is 32.4. The second-order valence-corrected chi connectivity index (χ2v) is 15.0. The molecule has 4 rings (SSSR count). The lowest BCUT2D eigenvalue weighted by Gasteiger charge is -2.24. The van der Waals surface area contributed by atoms with E-state index in [1.165, 1.54) is 17.7 Å². The van der Waals surface area contributed by atoms with Gasteiger partial charge in [0.25, 0.3) is 0 Å². The summed E-state index contributed by atoms with van der Waals surface area (Å²) in [4.78, 5) is 2.89. The number of rotatable bonds is 9. The predicted molar refractivity (Wildman–Crippen MR) is 157 cm³/mol. The number of aliphatic hydroxyl groups excluding tert-OH is 1. The molecule has 11 heteroatoms. The molecule has 1 fully saturated rings. The van der Waals surface area contributed by atoms with Crippen LogP contribution in [0.2, 0.25) is 0 Å². The molecule has 1 heterocycles. The van der Waals surface area contributed by atoms with Crippen molar-refractivity contribution < 1.29 is 41.1 Å². The van der Waals surface area contributed by atoms with Crippen LogP contribution in [0.4, 0.5) is 8.78 Å². The van der Waals surface area contributed by atoms with Gasteiger partial charge >= 0.3 is 15.4 Å². The lowest BCUT2D eigenvalue weighted by atomic mass is 9.87. The van der Waals surface area contributed by atoms with Crippen molar-refractivity contribution in [1.29, 1.82) is 0 Å². The topological polar surface area (TPSA) is 102 Å². The Morgan fingerprint density at radius 3 is 1.83 bits per heavy atom. The summed E-state index contributed by atoms with van der Waals surface area (Å²) in [6.07, 6.45) is -3.20. The highest BCUT2D eigenvalue weighted by Crippen LogP contribution is 2.38. The van der Waals surface area contributed by atoms with Crippen molar-refractivity contribution >= 4 is 21.0 Å². The molecule has 7 nitrogen and oxygen atoms in total. The Morgan fingerprint density at radius 2 is 1.40 bits per heavy atom. The highest BCUT2D eigenvalue weighted by atomic mass is 32.2. The Morgan fingerprint density at radius 1 is 0.929 bits per heavy atom. The number of alkyl halides is 2. The molecule has 0 aromatic heterocycles. The second kappa shape index (κ2) is 11.9. The second-order valence-electron chi connectivity index (χ2n) is 11.5. The van der Waals surface area contributed by atoms with Crippen LogP contribution < -0.4 is 4.74 Å². The van der Waals surface area contributed by atoms with Crippen LogP contribution in [0.25, 0.3) is 0 Å².